The summed E-state index contributed by atoms with van der Waals surface area (Å²) in [7, 11) is 0. The molecule has 8 aromatic carbocycles. The lowest BCUT2D eigenvalue weighted by Crippen LogP contribution is -2.00. The lowest BCUT2D eigenvalue weighted by molar-refractivity contribution is 0.669. The Kier molecular flexibility index (Phi) is 7.64. The summed E-state index contributed by atoms with van der Waals surface area (Å²) in [6, 6.07) is 65.7. The van der Waals surface area contributed by atoms with Crippen LogP contribution < -0.4 is 0 Å². The number of nitrogens with zero attached hydrogens (tertiary/aromatic N) is 3. The Bertz CT molecular complexity index is 3240. The predicted molar refractivity (Wildman–Crippen MR) is 233 cm³/mol. The van der Waals surface area contributed by atoms with Crippen LogP contribution in [-0.4, -0.2) is 15.0 Å². The highest BCUT2D eigenvalue weighted by atomic mass is 32.1. The highest BCUT2D eigenvalue weighted by Crippen LogP contribution is 2.46. The molecule has 0 spiro atoms. The van der Waals surface area contributed by atoms with Gasteiger partial charge < -0.3 is 4.42 Å². The first-order valence-corrected chi connectivity index (χ1v) is 19.5. The van der Waals surface area contributed by atoms with Gasteiger partial charge in [0.25, 0.3) is 0 Å². The van der Waals surface area contributed by atoms with E-state index in [-0.39, 0.29) is 0 Å². The molecule has 3 heterocycles. The molecule has 0 atom stereocenters. The van der Waals surface area contributed by atoms with Crippen molar-refractivity contribution >= 4 is 53.4 Å². The molecule has 0 aliphatic heterocycles. The zero-order valence-corrected chi connectivity index (χ0v) is 30.9. The molecule has 11 rings (SSSR count). The molecule has 0 fully saturated rings. The van der Waals surface area contributed by atoms with Crippen LogP contribution in [0.5, 0.6) is 0 Å². The number of para-hydroxylation sites is 1. The molecule has 5 heteroatoms. The molecule has 0 amide bonds. The highest BCUT2D eigenvalue weighted by Gasteiger charge is 2.19. The average molecular weight is 734 g/mol. The fraction of sp³-hybridized carbons (Fsp3) is 0. The third-order valence-corrected chi connectivity index (χ3v) is 11.7. The topological polar surface area (TPSA) is 51.8 Å². The highest BCUT2D eigenvalue weighted by molar-refractivity contribution is 7.26. The van der Waals surface area contributed by atoms with E-state index in [9.17, 15) is 0 Å². The molecular weight excluding hydrogens is 703 g/mol. The molecule has 0 aliphatic rings. The van der Waals surface area contributed by atoms with Gasteiger partial charge in [0.15, 0.2) is 17.5 Å². The van der Waals surface area contributed by atoms with E-state index in [2.05, 4.69) is 140 Å². The minimum Gasteiger partial charge on any atom is -0.456 e. The number of furan rings is 1. The Hall–Kier alpha value is -7.21. The first kappa shape index (κ1) is 32.2. The Balaban J connectivity index is 1.04. The number of thiophene rings is 1. The quantitative estimate of drug-likeness (QED) is 0.171. The molecular formula is C51H31N3OS. The van der Waals surface area contributed by atoms with Crippen LogP contribution in [0, 0.1) is 0 Å². The Morgan fingerprint density at radius 3 is 1.55 bits per heavy atom. The van der Waals surface area contributed by atoms with Crippen LogP contribution in [0.25, 0.3) is 110 Å². The van der Waals surface area contributed by atoms with Gasteiger partial charge >= 0.3 is 0 Å². The fourth-order valence-corrected chi connectivity index (χ4v) is 9.11. The first-order chi connectivity index (χ1) is 27.7. The standard InChI is InChI=1S/C51H31N3OS/c1-3-13-32(14-4-1)33-25-27-35(28-26-33)50-52-49(34-15-5-2-6-16-34)53-51(54-50)36-29-30-42-46(31-36)56-45-24-12-21-40(48(42)45)38-18-8-7-17-37(38)39-20-11-23-44-47(39)41-19-9-10-22-43(41)55-44/h1-31H. The molecule has 0 saturated carbocycles. The van der Waals surface area contributed by atoms with Crippen molar-refractivity contribution in [1.82, 2.24) is 15.0 Å². The Morgan fingerprint density at radius 2 is 0.821 bits per heavy atom. The maximum atomic E-state index is 6.30. The smallest absolute Gasteiger partial charge is 0.164 e. The van der Waals surface area contributed by atoms with Gasteiger partial charge in [0, 0.05) is 47.6 Å². The van der Waals surface area contributed by atoms with Gasteiger partial charge in [-0.15, -0.1) is 11.3 Å². The maximum Gasteiger partial charge on any atom is 0.164 e. The van der Waals surface area contributed by atoms with E-state index in [4.69, 9.17) is 19.4 Å². The van der Waals surface area contributed by atoms with Crippen molar-refractivity contribution in [2.24, 2.45) is 0 Å². The number of rotatable bonds is 6. The predicted octanol–water partition coefficient (Wildman–Crippen LogP) is 14.1. The minimum absolute atomic E-state index is 0.643. The van der Waals surface area contributed by atoms with Crippen molar-refractivity contribution in [1.29, 1.82) is 0 Å². The monoisotopic (exact) mass is 733 g/mol. The van der Waals surface area contributed by atoms with E-state index in [0.717, 1.165) is 49.8 Å². The van der Waals surface area contributed by atoms with E-state index >= 15 is 0 Å². The van der Waals surface area contributed by atoms with Crippen molar-refractivity contribution < 1.29 is 4.42 Å². The molecule has 0 bridgehead atoms. The van der Waals surface area contributed by atoms with Gasteiger partial charge in [0.05, 0.1) is 0 Å². The van der Waals surface area contributed by atoms with Crippen molar-refractivity contribution in [2.45, 2.75) is 0 Å². The van der Waals surface area contributed by atoms with Crippen LogP contribution in [0.3, 0.4) is 0 Å². The van der Waals surface area contributed by atoms with Gasteiger partial charge in [0.1, 0.15) is 11.2 Å². The Morgan fingerprint density at radius 1 is 0.321 bits per heavy atom. The second-order valence-corrected chi connectivity index (χ2v) is 15.0. The molecule has 262 valence electrons. The van der Waals surface area contributed by atoms with Crippen LogP contribution in [0.15, 0.2) is 192 Å². The van der Waals surface area contributed by atoms with E-state index in [1.165, 1.54) is 42.4 Å². The average Bonchev–Trinajstić information content (AvgIpc) is 3.85. The summed E-state index contributed by atoms with van der Waals surface area (Å²) in [6.07, 6.45) is 0. The zero-order valence-electron chi connectivity index (χ0n) is 30.1. The molecule has 0 N–H and O–H groups in total. The minimum atomic E-state index is 0.643. The number of benzene rings is 8. The van der Waals surface area contributed by atoms with Gasteiger partial charge in [-0.25, -0.2) is 15.0 Å². The van der Waals surface area contributed by atoms with Gasteiger partial charge in [-0.1, -0.05) is 164 Å². The van der Waals surface area contributed by atoms with Gasteiger partial charge in [-0.2, -0.15) is 0 Å². The van der Waals surface area contributed by atoms with Gasteiger partial charge in [0.2, 0.25) is 0 Å². The number of hydrogen-bond donors (Lipinski definition) is 0. The van der Waals surface area contributed by atoms with E-state index in [1.807, 2.05) is 48.5 Å². The van der Waals surface area contributed by atoms with Crippen molar-refractivity contribution in [3.63, 3.8) is 0 Å². The van der Waals surface area contributed by atoms with E-state index in [0.29, 0.717) is 17.5 Å². The van der Waals surface area contributed by atoms with Crippen molar-refractivity contribution in [3.8, 4) is 67.5 Å². The summed E-state index contributed by atoms with van der Waals surface area (Å²) in [5, 5.41) is 4.72. The molecule has 0 radical (unpaired) electrons. The molecule has 0 aliphatic carbocycles. The molecule has 4 nitrogen and oxygen atoms in total. The summed E-state index contributed by atoms with van der Waals surface area (Å²) >= 11 is 1.80. The third kappa shape index (κ3) is 5.48. The van der Waals surface area contributed by atoms with Crippen LogP contribution in [0.4, 0.5) is 0 Å². The number of fused-ring (bicyclic) bond motifs is 6. The summed E-state index contributed by atoms with van der Waals surface area (Å²) in [4.78, 5) is 15.1. The van der Waals surface area contributed by atoms with Crippen LogP contribution in [0.2, 0.25) is 0 Å². The maximum absolute atomic E-state index is 6.30. The number of aromatic nitrogens is 3. The van der Waals surface area contributed by atoms with Crippen molar-refractivity contribution in [3.05, 3.63) is 188 Å². The van der Waals surface area contributed by atoms with E-state index in [1.54, 1.807) is 11.3 Å². The molecule has 3 aromatic heterocycles. The Labute approximate surface area is 327 Å². The van der Waals surface area contributed by atoms with Gasteiger partial charge in [-0.05, 0) is 57.6 Å². The SMILES string of the molecule is c1ccc(-c2ccc(-c3nc(-c4ccccc4)nc(-c4ccc5c(c4)sc4cccc(-c6ccccc6-c6cccc7oc8ccccc8c67)c45)n3)cc2)cc1. The summed E-state index contributed by atoms with van der Waals surface area (Å²) in [5.74, 6) is 1.93. The molecule has 0 saturated heterocycles. The molecule has 0 unspecified atom stereocenters. The van der Waals surface area contributed by atoms with Crippen LogP contribution in [-0.2, 0) is 0 Å². The van der Waals surface area contributed by atoms with Crippen LogP contribution in [0.1, 0.15) is 0 Å². The zero-order chi connectivity index (χ0) is 37.0. The van der Waals surface area contributed by atoms with Gasteiger partial charge in [-0.3, -0.25) is 0 Å². The first-order valence-electron chi connectivity index (χ1n) is 18.7. The second-order valence-electron chi connectivity index (χ2n) is 13.9. The lowest BCUT2D eigenvalue weighted by atomic mass is 9.90. The fourth-order valence-electron chi connectivity index (χ4n) is 7.93. The summed E-state index contributed by atoms with van der Waals surface area (Å²) in [5.41, 5.74) is 11.7. The summed E-state index contributed by atoms with van der Waals surface area (Å²) in [6.45, 7) is 0. The second kappa shape index (κ2) is 13.3. The molecule has 56 heavy (non-hydrogen) atoms. The van der Waals surface area contributed by atoms with Crippen molar-refractivity contribution in [2.75, 3.05) is 0 Å². The number of hydrogen-bond acceptors (Lipinski definition) is 5. The lowest BCUT2D eigenvalue weighted by Gasteiger charge is -2.13. The largest absolute Gasteiger partial charge is 0.456 e. The third-order valence-electron chi connectivity index (χ3n) is 10.6. The normalized spacial score (nSPS) is 11.6. The summed E-state index contributed by atoms with van der Waals surface area (Å²) < 4.78 is 8.71. The molecule has 11 aromatic rings. The van der Waals surface area contributed by atoms with Crippen LogP contribution >= 0.6 is 11.3 Å². The van der Waals surface area contributed by atoms with E-state index < -0.39 is 0 Å².